The lowest BCUT2D eigenvalue weighted by molar-refractivity contribution is 0.413. The van der Waals surface area contributed by atoms with Crippen molar-refractivity contribution in [2.24, 2.45) is 7.05 Å². The van der Waals surface area contributed by atoms with E-state index in [1.54, 1.807) is 31.2 Å². The van der Waals surface area contributed by atoms with Crippen molar-refractivity contribution < 1.29 is 13.9 Å². The molecule has 1 N–H and O–H groups in total. The first-order valence-corrected chi connectivity index (χ1v) is 9.19. The highest BCUT2D eigenvalue weighted by atomic mass is 19.1. The van der Waals surface area contributed by atoms with E-state index in [0.717, 1.165) is 16.9 Å². The van der Waals surface area contributed by atoms with Crippen molar-refractivity contribution in [2.75, 3.05) is 19.5 Å². The molecule has 0 aliphatic rings. The molecule has 2 aromatic heterocycles. The minimum atomic E-state index is -0.378. The Labute approximate surface area is 172 Å². The van der Waals surface area contributed by atoms with Crippen LogP contribution in [0.1, 0.15) is 5.69 Å². The maximum absolute atomic E-state index is 13.4. The van der Waals surface area contributed by atoms with Crippen LogP contribution in [0.4, 0.5) is 16.0 Å². The summed E-state index contributed by atoms with van der Waals surface area (Å²) in [5.74, 6) is 1.68. The van der Waals surface area contributed by atoms with E-state index in [2.05, 4.69) is 20.4 Å². The number of rotatable bonds is 6. The largest absolute Gasteiger partial charge is 0.495 e. The lowest BCUT2D eigenvalue weighted by Crippen LogP contribution is -2.02. The van der Waals surface area contributed by atoms with Crippen LogP contribution in [0.3, 0.4) is 0 Å². The predicted molar refractivity (Wildman–Crippen MR) is 111 cm³/mol. The van der Waals surface area contributed by atoms with E-state index in [0.29, 0.717) is 29.0 Å². The molecular weight excluding hydrogens is 387 g/mol. The highest BCUT2D eigenvalue weighted by Crippen LogP contribution is 2.31. The van der Waals surface area contributed by atoms with Gasteiger partial charge in [-0.1, -0.05) is 0 Å². The van der Waals surface area contributed by atoms with Gasteiger partial charge in [0.25, 0.3) is 0 Å². The van der Waals surface area contributed by atoms with Gasteiger partial charge in [-0.2, -0.15) is 4.98 Å². The summed E-state index contributed by atoms with van der Waals surface area (Å²) in [7, 11) is 4.87. The number of hydrogen-bond donors (Lipinski definition) is 1. The first-order chi connectivity index (χ1) is 14.5. The van der Waals surface area contributed by atoms with E-state index in [1.807, 2.05) is 35.9 Å². The van der Waals surface area contributed by atoms with Crippen molar-refractivity contribution in [3.63, 3.8) is 0 Å². The molecule has 2 heterocycles. The van der Waals surface area contributed by atoms with Gasteiger partial charge in [0.1, 0.15) is 17.3 Å². The van der Waals surface area contributed by atoms with E-state index >= 15 is 0 Å². The van der Waals surface area contributed by atoms with Crippen LogP contribution in [0.5, 0.6) is 11.5 Å². The Bertz CT molecular complexity index is 1200. The maximum Gasteiger partial charge on any atom is 0.226 e. The molecule has 4 rings (SSSR count). The first-order valence-electron chi connectivity index (χ1n) is 9.19. The minimum Gasteiger partial charge on any atom is -0.495 e. The van der Waals surface area contributed by atoms with Gasteiger partial charge in [0.2, 0.25) is 5.95 Å². The van der Waals surface area contributed by atoms with Crippen LogP contribution in [0, 0.1) is 12.7 Å². The number of nitrogens with zero attached hydrogens (tertiary/aromatic N) is 5. The van der Waals surface area contributed by atoms with E-state index in [-0.39, 0.29) is 5.82 Å². The molecule has 0 saturated heterocycles. The predicted octanol–water partition coefficient (Wildman–Crippen LogP) is 3.88. The quantitative estimate of drug-likeness (QED) is 0.522. The van der Waals surface area contributed by atoms with Gasteiger partial charge in [-0.3, -0.25) is 0 Å². The molecule has 0 radical (unpaired) electrons. The highest BCUT2D eigenvalue weighted by molar-refractivity contribution is 5.67. The van der Waals surface area contributed by atoms with Crippen LogP contribution in [0.2, 0.25) is 0 Å². The van der Waals surface area contributed by atoms with Gasteiger partial charge < -0.3 is 19.4 Å². The fourth-order valence-corrected chi connectivity index (χ4v) is 3.09. The second-order valence-corrected chi connectivity index (χ2v) is 6.66. The summed E-state index contributed by atoms with van der Waals surface area (Å²) in [4.78, 5) is 8.83. The summed E-state index contributed by atoms with van der Waals surface area (Å²) in [5, 5.41) is 7.62. The second-order valence-electron chi connectivity index (χ2n) is 6.66. The fourth-order valence-electron chi connectivity index (χ4n) is 3.09. The van der Waals surface area contributed by atoms with Crippen LogP contribution in [-0.2, 0) is 7.05 Å². The summed E-state index contributed by atoms with van der Waals surface area (Å²) in [5.41, 5.74) is 3.16. The number of halogens is 1. The smallest absolute Gasteiger partial charge is 0.226 e. The average molecular weight is 408 g/mol. The molecule has 0 spiro atoms. The molecular formula is C21H21FN6O2. The van der Waals surface area contributed by atoms with Crippen molar-refractivity contribution in [1.82, 2.24) is 24.3 Å². The Balaban J connectivity index is 1.66. The normalized spacial score (nSPS) is 10.8. The summed E-state index contributed by atoms with van der Waals surface area (Å²) in [6, 6.07) is 9.98. The third kappa shape index (κ3) is 3.69. The highest BCUT2D eigenvalue weighted by Gasteiger charge is 2.15. The van der Waals surface area contributed by atoms with Gasteiger partial charge in [0.05, 0.1) is 37.6 Å². The van der Waals surface area contributed by atoms with Gasteiger partial charge in [-0.05, 0) is 37.3 Å². The van der Waals surface area contributed by atoms with E-state index in [9.17, 15) is 4.39 Å². The van der Waals surface area contributed by atoms with Crippen LogP contribution in [-0.4, -0.2) is 38.5 Å². The summed E-state index contributed by atoms with van der Waals surface area (Å²) >= 11 is 0. The van der Waals surface area contributed by atoms with E-state index in [4.69, 9.17) is 9.47 Å². The van der Waals surface area contributed by atoms with Gasteiger partial charge in [-0.15, -0.1) is 5.10 Å². The Morgan fingerprint density at radius 1 is 1.03 bits per heavy atom. The monoisotopic (exact) mass is 408 g/mol. The summed E-state index contributed by atoms with van der Waals surface area (Å²) in [6.45, 7) is 1.93. The molecule has 30 heavy (non-hydrogen) atoms. The molecule has 0 aliphatic carbocycles. The molecule has 4 aromatic rings. The van der Waals surface area contributed by atoms with Gasteiger partial charge in [0, 0.05) is 24.9 Å². The van der Waals surface area contributed by atoms with Gasteiger partial charge in [-0.25, -0.2) is 14.1 Å². The zero-order valence-corrected chi connectivity index (χ0v) is 17.0. The number of ether oxygens (including phenoxy) is 2. The lowest BCUT2D eigenvalue weighted by atomic mass is 10.1. The van der Waals surface area contributed by atoms with Crippen LogP contribution in [0.15, 0.2) is 48.9 Å². The molecule has 9 heteroatoms. The topological polar surface area (TPSA) is 79.0 Å². The van der Waals surface area contributed by atoms with Crippen molar-refractivity contribution in [2.45, 2.75) is 6.92 Å². The van der Waals surface area contributed by atoms with Crippen molar-refractivity contribution in [1.29, 1.82) is 0 Å². The third-order valence-corrected chi connectivity index (χ3v) is 4.60. The number of methoxy groups -OCH3 is 2. The van der Waals surface area contributed by atoms with Crippen molar-refractivity contribution in [3.8, 4) is 28.6 Å². The van der Waals surface area contributed by atoms with Crippen LogP contribution >= 0.6 is 0 Å². The number of anilines is 2. The Morgan fingerprint density at radius 3 is 2.53 bits per heavy atom. The average Bonchev–Trinajstić information content (AvgIpc) is 3.34. The van der Waals surface area contributed by atoms with E-state index in [1.165, 1.54) is 19.2 Å². The number of nitrogens with one attached hydrogen (secondary N) is 1. The molecule has 8 nitrogen and oxygen atoms in total. The number of aromatic nitrogens is 5. The molecule has 2 aromatic carbocycles. The number of benzene rings is 2. The van der Waals surface area contributed by atoms with Crippen molar-refractivity contribution in [3.05, 3.63) is 60.4 Å². The van der Waals surface area contributed by atoms with Gasteiger partial charge in [0.15, 0.2) is 5.82 Å². The first kappa shape index (κ1) is 19.4. The summed E-state index contributed by atoms with van der Waals surface area (Å²) in [6.07, 6.45) is 3.67. The van der Waals surface area contributed by atoms with Gasteiger partial charge >= 0.3 is 0 Å². The number of imidazole rings is 1. The molecule has 0 fully saturated rings. The standard InChI is InChI=1S/C21H21FN6O2/c1-13-11-28(12-23-13)17-8-5-14(9-19(17)30-4)20-25-21(27(2)26-20)24-16-7-6-15(22)10-18(16)29-3/h5-12H,1-4H3,(H,24,25,26). The molecule has 0 amide bonds. The molecule has 0 bridgehead atoms. The van der Waals surface area contributed by atoms with Crippen LogP contribution < -0.4 is 14.8 Å². The number of aryl methyl sites for hydroxylation is 2. The minimum absolute atomic E-state index is 0.376. The SMILES string of the molecule is COc1cc(F)ccc1Nc1nc(-c2ccc(-n3cnc(C)c3)c(OC)c2)nn1C. The second kappa shape index (κ2) is 7.86. The molecule has 0 saturated carbocycles. The van der Waals surface area contributed by atoms with Crippen LogP contribution in [0.25, 0.3) is 17.1 Å². The molecule has 0 aliphatic heterocycles. The zero-order chi connectivity index (χ0) is 21.3. The fraction of sp³-hybridized carbons (Fsp3) is 0.190. The lowest BCUT2D eigenvalue weighted by Gasteiger charge is -2.10. The zero-order valence-electron chi connectivity index (χ0n) is 17.0. The third-order valence-electron chi connectivity index (χ3n) is 4.60. The van der Waals surface area contributed by atoms with E-state index < -0.39 is 0 Å². The summed E-state index contributed by atoms with van der Waals surface area (Å²) < 4.78 is 27.8. The Kier molecular flexibility index (Phi) is 5.09. The molecule has 0 atom stereocenters. The molecule has 0 unspecified atom stereocenters. The molecule has 154 valence electrons. The Hall–Kier alpha value is -3.88. The maximum atomic E-state index is 13.4. The van der Waals surface area contributed by atoms with Crippen molar-refractivity contribution >= 4 is 11.6 Å². The Morgan fingerprint density at radius 2 is 1.83 bits per heavy atom. The number of hydrogen-bond acceptors (Lipinski definition) is 6.